The summed E-state index contributed by atoms with van der Waals surface area (Å²) in [5, 5.41) is 8.80. The summed E-state index contributed by atoms with van der Waals surface area (Å²) in [6, 6.07) is 17.6. The van der Waals surface area contributed by atoms with E-state index in [1.165, 1.54) is 0 Å². The number of nitrogens with zero attached hydrogens (tertiary/aromatic N) is 2. The molecule has 0 saturated heterocycles. The van der Waals surface area contributed by atoms with Gasteiger partial charge in [0.2, 0.25) is 5.91 Å². The summed E-state index contributed by atoms with van der Waals surface area (Å²) in [5.41, 5.74) is 5.95. The Balaban J connectivity index is 1.56. The fourth-order valence-electron chi connectivity index (χ4n) is 2.71. The molecule has 2 aliphatic rings. The van der Waals surface area contributed by atoms with E-state index in [9.17, 15) is 4.79 Å². The fourth-order valence-corrected chi connectivity index (χ4v) is 3.78. The summed E-state index contributed by atoms with van der Waals surface area (Å²) in [7, 11) is 0. The van der Waals surface area contributed by atoms with E-state index < -0.39 is 0 Å². The van der Waals surface area contributed by atoms with Crippen molar-refractivity contribution in [3.8, 4) is 0 Å². The predicted octanol–water partition coefficient (Wildman–Crippen LogP) is 3.20. The van der Waals surface area contributed by atoms with Crippen LogP contribution in [0, 0.1) is 0 Å². The van der Waals surface area contributed by atoms with E-state index in [2.05, 4.69) is 15.8 Å². The lowest BCUT2D eigenvalue weighted by Crippen LogP contribution is -2.53. The van der Waals surface area contributed by atoms with E-state index in [-0.39, 0.29) is 12.2 Å². The van der Waals surface area contributed by atoms with E-state index in [4.69, 9.17) is 11.6 Å². The van der Waals surface area contributed by atoms with Crippen molar-refractivity contribution >= 4 is 40.1 Å². The van der Waals surface area contributed by atoms with E-state index in [1.807, 2.05) is 59.5 Å². The predicted molar refractivity (Wildman–Crippen MR) is 102 cm³/mol. The molecule has 0 aromatic heterocycles. The van der Waals surface area contributed by atoms with Crippen molar-refractivity contribution in [2.24, 2.45) is 5.10 Å². The van der Waals surface area contributed by atoms with Gasteiger partial charge in [-0.05, 0) is 23.3 Å². The van der Waals surface area contributed by atoms with Crippen molar-refractivity contribution < 1.29 is 4.79 Å². The van der Waals surface area contributed by atoms with E-state index in [1.54, 1.807) is 17.8 Å². The smallest absolute Gasteiger partial charge is 0.249 e. The van der Waals surface area contributed by atoms with Crippen molar-refractivity contribution in [1.82, 2.24) is 15.6 Å². The first-order valence-electron chi connectivity index (χ1n) is 7.78. The normalized spacial score (nSPS) is 18.8. The number of benzene rings is 2. The molecule has 0 aliphatic carbocycles. The molecule has 0 radical (unpaired) electrons. The van der Waals surface area contributed by atoms with Gasteiger partial charge in [0.05, 0.1) is 5.70 Å². The average molecular weight is 371 g/mol. The zero-order chi connectivity index (χ0) is 17.2. The van der Waals surface area contributed by atoms with Gasteiger partial charge in [-0.3, -0.25) is 15.1 Å². The van der Waals surface area contributed by atoms with Gasteiger partial charge in [0.15, 0.2) is 11.5 Å². The standard InChI is InChI=1S/C18H15ClN4OS/c19-14-8-6-12(7-9-14)11-25-18-22-21-17-20-16(24)10-15(23(17)18)13-4-2-1-3-5-13/h1-10,17,21H,11H2,(H,20,24). The molecule has 1 atom stereocenters. The lowest BCUT2D eigenvalue weighted by Gasteiger charge is -2.32. The van der Waals surface area contributed by atoms with Crippen LogP contribution >= 0.6 is 23.4 Å². The Labute approximate surface area is 154 Å². The number of hydrogen-bond donors (Lipinski definition) is 2. The number of nitrogens with one attached hydrogen (secondary N) is 2. The molecule has 2 N–H and O–H groups in total. The van der Waals surface area contributed by atoms with Gasteiger partial charge >= 0.3 is 0 Å². The minimum absolute atomic E-state index is 0.133. The zero-order valence-electron chi connectivity index (χ0n) is 13.1. The van der Waals surface area contributed by atoms with Crippen LogP contribution in [0.1, 0.15) is 11.1 Å². The number of carbonyl (C=O) groups is 1. The second kappa shape index (κ2) is 6.82. The molecule has 0 bridgehead atoms. The van der Waals surface area contributed by atoms with Gasteiger partial charge in [-0.15, -0.1) is 0 Å². The molecule has 0 spiro atoms. The number of hydrogen-bond acceptors (Lipinski definition) is 5. The first-order valence-corrected chi connectivity index (χ1v) is 9.14. The lowest BCUT2D eigenvalue weighted by molar-refractivity contribution is -0.118. The highest BCUT2D eigenvalue weighted by molar-refractivity contribution is 8.13. The number of rotatable bonds is 3. The van der Waals surface area contributed by atoms with Gasteiger partial charge in [0.1, 0.15) is 0 Å². The fraction of sp³-hybridized carbons (Fsp3) is 0.111. The maximum Gasteiger partial charge on any atom is 0.249 e. The van der Waals surface area contributed by atoms with Crippen LogP contribution in [0.2, 0.25) is 5.02 Å². The highest BCUT2D eigenvalue weighted by Gasteiger charge is 2.35. The Bertz CT molecular complexity index is 851. The minimum atomic E-state index is -0.361. The third-order valence-electron chi connectivity index (χ3n) is 3.90. The minimum Gasteiger partial charge on any atom is -0.314 e. The molecule has 2 aliphatic heterocycles. The molecular formula is C18H15ClN4OS. The van der Waals surface area contributed by atoms with Gasteiger partial charge < -0.3 is 5.32 Å². The molecule has 0 saturated carbocycles. The third kappa shape index (κ3) is 3.36. The van der Waals surface area contributed by atoms with Gasteiger partial charge in [-0.1, -0.05) is 65.8 Å². The van der Waals surface area contributed by atoms with Crippen LogP contribution in [0.4, 0.5) is 0 Å². The van der Waals surface area contributed by atoms with Crippen LogP contribution in [0.25, 0.3) is 5.70 Å². The van der Waals surface area contributed by atoms with Crippen molar-refractivity contribution in [2.75, 3.05) is 0 Å². The van der Waals surface area contributed by atoms with Gasteiger partial charge in [-0.25, -0.2) is 0 Å². The van der Waals surface area contributed by atoms with Crippen LogP contribution in [0.15, 0.2) is 65.8 Å². The van der Waals surface area contributed by atoms with Crippen LogP contribution in [0.5, 0.6) is 0 Å². The molecule has 4 rings (SSSR count). The Morgan fingerprint density at radius 2 is 1.88 bits per heavy atom. The molecule has 7 heteroatoms. The Morgan fingerprint density at radius 1 is 1.12 bits per heavy atom. The summed E-state index contributed by atoms with van der Waals surface area (Å²) in [6.07, 6.45) is 1.25. The summed E-state index contributed by atoms with van der Waals surface area (Å²) in [4.78, 5) is 14.0. The van der Waals surface area contributed by atoms with E-state index in [0.717, 1.165) is 32.8 Å². The second-order valence-corrected chi connectivity index (χ2v) is 6.99. The monoisotopic (exact) mass is 370 g/mol. The number of carbonyl (C=O) groups excluding carboxylic acids is 1. The molecule has 5 nitrogen and oxygen atoms in total. The number of fused-ring (bicyclic) bond motifs is 1. The Kier molecular flexibility index (Phi) is 4.38. The topological polar surface area (TPSA) is 56.7 Å². The maximum atomic E-state index is 12.0. The molecule has 0 fully saturated rings. The van der Waals surface area contributed by atoms with Gasteiger partial charge in [-0.2, -0.15) is 5.10 Å². The summed E-state index contributed by atoms with van der Waals surface area (Å²) in [6.45, 7) is 0. The first-order chi connectivity index (χ1) is 12.2. The maximum absolute atomic E-state index is 12.0. The second-order valence-electron chi connectivity index (χ2n) is 5.62. The van der Waals surface area contributed by atoms with Gasteiger partial charge in [0.25, 0.3) is 0 Å². The number of thioether (sulfide) groups is 1. The molecule has 2 aromatic rings. The summed E-state index contributed by atoms with van der Waals surface area (Å²) >= 11 is 7.54. The third-order valence-corrected chi connectivity index (χ3v) is 5.18. The summed E-state index contributed by atoms with van der Waals surface area (Å²) < 4.78 is 0. The SMILES string of the molecule is O=C1C=C(c2ccccc2)N2C(SCc3ccc(Cl)cc3)=NNC2N1. The van der Waals surface area contributed by atoms with Gasteiger partial charge in [0, 0.05) is 16.9 Å². The summed E-state index contributed by atoms with van der Waals surface area (Å²) in [5.74, 6) is 0.628. The average Bonchev–Trinajstić information content (AvgIpc) is 3.04. The number of hydrazone groups is 1. The molecule has 1 amide bonds. The van der Waals surface area contributed by atoms with Crippen LogP contribution in [0.3, 0.4) is 0 Å². The molecule has 126 valence electrons. The highest BCUT2D eigenvalue weighted by Crippen LogP contribution is 2.30. The van der Waals surface area contributed by atoms with E-state index >= 15 is 0 Å². The number of amides is 1. The number of halogens is 1. The molecule has 25 heavy (non-hydrogen) atoms. The number of amidine groups is 1. The Hall–Kier alpha value is -2.44. The van der Waals surface area contributed by atoms with E-state index in [0.29, 0.717) is 0 Å². The molecular weight excluding hydrogens is 356 g/mol. The molecule has 1 unspecified atom stereocenters. The van der Waals surface area contributed by atoms with Crippen LogP contribution in [-0.4, -0.2) is 22.3 Å². The van der Waals surface area contributed by atoms with Crippen LogP contribution < -0.4 is 10.7 Å². The van der Waals surface area contributed by atoms with Crippen molar-refractivity contribution in [3.63, 3.8) is 0 Å². The zero-order valence-corrected chi connectivity index (χ0v) is 14.7. The molecule has 2 heterocycles. The highest BCUT2D eigenvalue weighted by atomic mass is 35.5. The lowest BCUT2D eigenvalue weighted by atomic mass is 10.1. The largest absolute Gasteiger partial charge is 0.314 e. The Morgan fingerprint density at radius 3 is 2.64 bits per heavy atom. The van der Waals surface area contributed by atoms with Crippen molar-refractivity contribution in [3.05, 3.63) is 76.8 Å². The molecule has 2 aromatic carbocycles. The van der Waals surface area contributed by atoms with Crippen molar-refractivity contribution in [2.45, 2.75) is 12.0 Å². The first kappa shape index (κ1) is 16.1. The van der Waals surface area contributed by atoms with Crippen molar-refractivity contribution in [1.29, 1.82) is 0 Å². The van der Waals surface area contributed by atoms with Crippen LogP contribution in [-0.2, 0) is 10.5 Å². The quantitative estimate of drug-likeness (QED) is 0.871.